The summed E-state index contributed by atoms with van der Waals surface area (Å²) >= 11 is 0. The quantitative estimate of drug-likeness (QED) is 0.254. The zero-order chi connectivity index (χ0) is 19.2. The fourth-order valence-corrected chi connectivity index (χ4v) is 4.64. The lowest BCUT2D eigenvalue weighted by atomic mass is 9.96. The van der Waals surface area contributed by atoms with Crippen LogP contribution in [-0.2, 0) is 4.74 Å². The van der Waals surface area contributed by atoms with Gasteiger partial charge in [0.25, 0.3) is 0 Å². The maximum absolute atomic E-state index is 5.95. The van der Waals surface area contributed by atoms with E-state index in [0.717, 1.165) is 64.6 Å². The third kappa shape index (κ3) is 6.21. The van der Waals surface area contributed by atoms with Gasteiger partial charge in [0.1, 0.15) is 0 Å². The SMILES string of the molecule is CCNC(=NCCCN1CCN(c2ccccc2)CC1)NC1CC2CCC1O2.I. The summed E-state index contributed by atoms with van der Waals surface area (Å²) in [5.41, 5.74) is 1.35. The Kier molecular flexibility index (Phi) is 8.86. The fraction of sp³-hybridized carbons (Fsp3) is 0.682. The number of ether oxygens (including phenoxy) is 1. The fourth-order valence-electron chi connectivity index (χ4n) is 4.64. The molecule has 3 fully saturated rings. The standard InChI is InChI=1S/C22H35N5O.HI/c1-2-23-22(25-20-17-19-9-10-21(20)28-19)24-11-6-12-26-13-15-27(16-14-26)18-7-4-3-5-8-18;/h3-5,7-8,19-21H,2,6,9-17H2,1H3,(H2,23,24,25);1H. The second-order valence-corrected chi connectivity index (χ2v) is 8.14. The van der Waals surface area contributed by atoms with Gasteiger partial charge in [0.2, 0.25) is 0 Å². The van der Waals surface area contributed by atoms with Crippen molar-refractivity contribution in [2.24, 2.45) is 4.99 Å². The number of fused-ring (bicyclic) bond motifs is 2. The number of nitrogens with zero attached hydrogens (tertiary/aromatic N) is 3. The van der Waals surface area contributed by atoms with E-state index in [9.17, 15) is 0 Å². The zero-order valence-electron chi connectivity index (χ0n) is 17.6. The Hall–Kier alpha value is -1.06. The molecule has 3 saturated heterocycles. The molecule has 3 aliphatic heterocycles. The number of hydrogen-bond acceptors (Lipinski definition) is 4. The lowest BCUT2D eigenvalue weighted by Gasteiger charge is -2.36. The molecular formula is C22H36IN5O. The van der Waals surface area contributed by atoms with Crippen LogP contribution in [0, 0.1) is 0 Å². The molecule has 29 heavy (non-hydrogen) atoms. The average molecular weight is 513 g/mol. The number of rotatable bonds is 7. The molecule has 2 N–H and O–H groups in total. The molecule has 0 aliphatic carbocycles. The van der Waals surface area contributed by atoms with Gasteiger partial charge in [-0.2, -0.15) is 0 Å². The highest BCUT2D eigenvalue weighted by Crippen LogP contribution is 2.34. The molecule has 0 spiro atoms. The average Bonchev–Trinajstić information content (AvgIpc) is 3.36. The highest BCUT2D eigenvalue weighted by molar-refractivity contribution is 14.0. The summed E-state index contributed by atoms with van der Waals surface area (Å²) in [5.74, 6) is 0.956. The maximum atomic E-state index is 5.95. The van der Waals surface area contributed by atoms with Crippen LogP contribution in [0.4, 0.5) is 5.69 Å². The highest BCUT2D eigenvalue weighted by atomic mass is 127. The predicted molar refractivity (Wildman–Crippen MR) is 131 cm³/mol. The first kappa shape index (κ1) is 22.6. The second kappa shape index (κ2) is 11.4. The van der Waals surface area contributed by atoms with Gasteiger partial charge in [-0.15, -0.1) is 24.0 Å². The smallest absolute Gasteiger partial charge is 0.191 e. The molecule has 1 aromatic carbocycles. The third-order valence-electron chi connectivity index (χ3n) is 6.17. The van der Waals surface area contributed by atoms with Crippen LogP contribution in [0.25, 0.3) is 0 Å². The van der Waals surface area contributed by atoms with Crippen molar-refractivity contribution >= 4 is 35.6 Å². The van der Waals surface area contributed by atoms with Gasteiger partial charge in [0.05, 0.1) is 18.2 Å². The van der Waals surface area contributed by atoms with Crippen molar-refractivity contribution in [3.05, 3.63) is 30.3 Å². The first-order valence-electron chi connectivity index (χ1n) is 11.0. The molecule has 0 amide bonds. The van der Waals surface area contributed by atoms with Gasteiger partial charge in [-0.25, -0.2) is 0 Å². The van der Waals surface area contributed by atoms with Crippen molar-refractivity contribution in [3.8, 4) is 0 Å². The first-order valence-corrected chi connectivity index (χ1v) is 11.0. The molecule has 3 unspecified atom stereocenters. The maximum Gasteiger partial charge on any atom is 0.191 e. The molecule has 7 heteroatoms. The molecule has 2 bridgehead atoms. The Morgan fingerprint density at radius 2 is 1.93 bits per heavy atom. The molecule has 162 valence electrons. The summed E-state index contributed by atoms with van der Waals surface area (Å²) in [6.45, 7) is 9.52. The van der Waals surface area contributed by atoms with E-state index in [4.69, 9.17) is 9.73 Å². The molecule has 6 nitrogen and oxygen atoms in total. The highest BCUT2D eigenvalue weighted by Gasteiger charge is 2.41. The molecule has 0 radical (unpaired) electrons. The number of halogens is 1. The molecule has 0 aromatic heterocycles. The molecular weight excluding hydrogens is 477 g/mol. The van der Waals surface area contributed by atoms with Crippen LogP contribution < -0.4 is 15.5 Å². The normalized spacial score (nSPS) is 27.0. The Morgan fingerprint density at radius 1 is 1.14 bits per heavy atom. The largest absolute Gasteiger partial charge is 0.373 e. The van der Waals surface area contributed by atoms with Gasteiger partial charge in [0.15, 0.2) is 5.96 Å². The van der Waals surface area contributed by atoms with Crippen LogP contribution in [0.15, 0.2) is 35.3 Å². The molecule has 0 saturated carbocycles. The number of guanidine groups is 1. The van der Waals surface area contributed by atoms with Crippen LogP contribution in [0.2, 0.25) is 0 Å². The summed E-state index contributed by atoms with van der Waals surface area (Å²) in [6.07, 6.45) is 5.51. The van der Waals surface area contributed by atoms with Crippen molar-refractivity contribution in [2.75, 3.05) is 50.7 Å². The molecule has 3 heterocycles. The number of hydrogen-bond donors (Lipinski definition) is 2. The van der Waals surface area contributed by atoms with Crippen molar-refractivity contribution in [1.82, 2.24) is 15.5 Å². The van der Waals surface area contributed by atoms with Crippen LogP contribution in [0.5, 0.6) is 0 Å². The van der Waals surface area contributed by atoms with E-state index in [2.05, 4.69) is 57.7 Å². The van der Waals surface area contributed by atoms with Crippen molar-refractivity contribution in [1.29, 1.82) is 0 Å². The van der Waals surface area contributed by atoms with Gasteiger partial charge in [-0.3, -0.25) is 9.89 Å². The number of piperazine rings is 1. The number of nitrogens with one attached hydrogen (secondary N) is 2. The number of benzene rings is 1. The summed E-state index contributed by atoms with van der Waals surface area (Å²) in [4.78, 5) is 9.86. The molecule has 3 aliphatic rings. The topological polar surface area (TPSA) is 52.1 Å². The van der Waals surface area contributed by atoms with Crippen LogP contribution >= 0.6 is 24.0 Å². The van der Waals surface area contributed by atoms with Crippen molar-refractivity contribution in [3.63, 3.8) is 0 Å². The Labute approximate surface area is 192 Å². The number of anilines is 1. The van der Waals surface area contributed by atoms with E-state index >= 15 is 0 Å². The van der Waals surface area contributed by atoms with Crippen molar-refractivity contribution < 1.29 is 4.74 Å². The summed E-state index contributed by atoms with van der Waals surface area (Å²) in [6, 6.07) is 11.2. The van der Waals surface area contributed by atoms with Crippen LogP contribution in [-0.4, -0.2) is 74.9 Å². The Balaban J connectivity index is 0.00000240. The Bertz CT molecular complexity index is 635. The molecule has 4 rings (SSSR count). The number of aliphatic imine (C=N–C) groups is 1. The van der Waals surface area contributed by atoms with E-state index < -0.39 is 0 Å². The molecule has 1 aromatic rings. The first-order chi connectivity index (χ1) is 13.8. The van der Waals surface area contributed by atoms with Crippen LogP contribution in [0.3, 0.4) is 0 Å². The minimum absolute atomic E-state index is 0. The second-order valence-electron chi connectivity index (χ2n) is 8.14. The number of para-hydroxylation sites is 1. The van der Waals surface area contributed by atoms with Gasteiger partial charge in [-0.05, 0) is 44.7 Å². The van der Waals surface area contributed by atoms with Gasteiger partial charge >= 0.3 is 0 Å². The van der Waals surface area contributed by atoms with E-state index in [-0.39, 0.29) is 24.0 Å². The van der Waals surface area contributed by atoms with E-state index in [1.807, 2.05) is 0 Å². The monoisotopic (exact) mass is 513 g/mol. The van der Waals surface area contributed by atoms with Gasteiger partial charge < -0.3 is 20.3 Å². The predicted octanol–water partition coefficient (Wildman–Crippen LogP) is 2.69. The summed E-state index contributed by atoms with van der Waals surface area (Å²) in [5, 5.41) is 7.00. The Morgan fingerprint density at radius 3 is 2.59 bits per heavy atom. The minimum Gasteiger partial charge on any atom is -0.373 e. The molecule has 3 atom stereocenters. The van der Waals surface area contributed by atoms with Gasteiger partial charge in [0, 0.05) is 51.5 Å². The van der Waals surface area contributed by atoms with Gasteiger partial charge in [-0.1, -0.05) is 18.2 Å². The van der Waals surface area contributed by atoms with E-state index in [1.54, 1.807) is 0 Å². The van der Waals surface area contributed by atoms with E-state index in [1.165, 1.54) is 18.5 Å². The zero-order valence-corrected chi connectivity index (χ0v) is 19.9. The lowest BCUT2D eigenvalue weighted by molar-refractivity contribution is 0.0992. The summed E-state index contributed by atoms with van der Waals surface area (Å²) in [7, 11) is 0. The van der Waals surface area contributed by atoms with Crippen molar-refractivity contribution in [2.45, 2.75) is 50.9 Å². The minimum atomic E-state index is 0. The summed E-state index contributed by atoms with van der Waals surface area (Å²) < 4.78 is 5.95. The van der Waals surface area contributed by atoms with Crippen LogP contribution in [0.1, 0.15) is 32.6 Å². The van der Waals surface area contributed by atoms with E-state index in [0.29, 0.717) is 18.2 Å². The lowest BCUT2D eigenvalue weighted by Crippen LogP contribution is -2.47. The third-order valence-corrected chi connectivity index (χ3v) is 6.17.